The zero-order valence-corrected chi connectivity index (χ0v) is 15.0. The number of hydrogen-bond acceptors (Lipinski definition) is 3. The normalized spacial score (nSPS) is 20.2. The van der Waals surface area contributed by atoms with Crippen molar-refractivity contribution in [3.8, 4) is 5.75 Å². The van der Waals surface area contributed by atoms with Gasteiger partial charge in [0.05, 0.1) is 11.6 Å². The van der Waals surface area contributed by atoms with Crippen LogP contribution < -0.4 is 4.74 Å². The van der Waals surface area contributed by atoms with E-state index in [-0.39, 0.29) is 18.1 Å². The average Bonchev–Trinajstić information content (AvgIpc) is 2.65. The van der Waals surface area contributed by atoms with E-state index in [2.05, 4.69) is 12.1 Å². The molecule has 0 N–H and O–H groups in total. The SMILES string of the molecule is CCOC(=O)N1CC[C@@H](Oc2ccccc2Cl)[C@@H](c2ccccc2)C1. The Morgan fingerprint density at radius 3 is 2.60 bits per heavy atom. The fourth-order valence-corrected chi connectivity index (χ4v) is 3.36. The average molecular weight is 360 g/mol. The van der Waals surface area contributed by atoms with Crippen molar-refractivity contribution in [3.63, 3.8) is 0 Å². The van der Waals surface area contributed by atoms with Crippen molar-refractivity contribution in [3.05, 3.63) is 65.2 Å². The Morgan fingerprint density at radius 2 is 1.88 bits per heavy atom. The fourth-order valence-electron chi connectivity index (χ4n) is 3.18. The molecule has 0 radical (unpaired) electrons. The molecule has 1 amide bonds. The maximum absolute atomic E-state index is 12.1. The molecule has 25 heavy (non-hydrogen) atoms. The fraction of sp³-hybridized carbons (Fsp3) is 0.350. The molecule has 3 rings (SSSR count). The van der Waals surface area contributed by atoms with Crippen LogP contribution in [0.1, 0.15) is 24.8 Å². The number of carbonyl (C=O) groups is 1. The lowest BCUT2D eigenvalue weighted by molar-refractivity contribution is 0.0574. The second kappa shape index (κ2) is 8.26. The standard InChI is InChI=1S/C20H22ClNO3/c1-2-24-20(23)22-13-12-18(25-19-11-7-6-10-17(19)21)16(14-22)15-8-4-3-5-9-15/h3-11,16,18H,2,12-14H2,1H3/t16-,18-/m1/s1. The van der Waals surface area contributed by atoms with Gasteiger partial charge in [0.1, 0.15) is 11.9 Å². The van der Waals surface area contributed by atoms with Crippen molar-refractivity contribution in [2.24, 2.45) is 0 Å². The summed E-state index contributed by atoms with van der Waals surface area (Å²) in [6, 6.07) is 17.6. The molecule has 2 aromatic rings. The first-order valence-corrected chi connectivity index (χ1v) is 8.94. The second-order valence-corrected chi connectivity index (χ2v) is 6.44. The number of para-hydroxylation sites is 1. The first kappa shape index (κ1) is 17.6. The van der Waals surface area contributed by atoms with Crippen molar-refractivity contribution in [1.29, 1.82) is 0 Å². The van der Waals surface area contributed by atoms with Crippen LogP contribution in [0.5, 0.6) is 5.75 Å². The van der Waals surface area contributed by atoms with E-state index in [9.17, 15) is 4.79 Å². The Labute approximate surface area is 153 Å². The number of halogens is 1. The quantitative estimate of drug-likeness (QED) is 0.791. The molecule has 0 bridgehead atoms. The van der Waals surface area contributed by atoms with Crippen molar-refractivity contribution in [2.75, 3.05) is 19.7 Å². The molecule has 1 aliphatic heterocycles. The van der Waals surface area contributed by atoms with Crippen LogP contribution in [0.2, 0.25) is 5.02 Å². The Morgan fingerprint density at radius 1 is 1.16 bits per heavy atom. The van der Waals surface area contributed by atoms with Crippen LogP contribution in [0.4, 0.5) is 4.79 Å². The first-order valence-electron chi connectivity index (χ1n) is 8.57. The van der Waals surface area contributed by atoms with E-state index in [0.717, 1.165) is 12.0 Å². The zero-order valence-electron chi connectivity index (χ0n) is 14.2. The van der Waals surface area contributed by atoms with E-state index >= 15 is 0 Å². The number of likely N-dealkylation sites (tertiary alicyclic amines) is 1. The van der Waals surface area contributed by atoms with Gasteiger partial charge >= 0.3 is 6.09 Å². The Kier molecular flexibility index (Phi) is 5.82. The van der Waals surface area contributed by atoms with Crippen LogP contribution in [0, 0.1) is 0 Å². The van der Waals surface area contributed by atoms with Crippen molar-refractivity contribution >= 4 is 17.7 Å². The third-order valence-corrected chi connectivity index (χ3v) is 4.73. The molecule has 1 aliphatic rings. The maximum Gasteiger partial charge on any atom is 0.409 e. The molecule has 5 heteroatoms. The van der Waals surface area contributed by atoms with Gasteiger partial charge in [0, 0.05) is 25.4 Å². The van der Waals surface area contributed by atoms with Crippen molar-refractivity contribution in [2.45, 2.75) is 25.4 Å². The molecule has 0 aliphatic carbocycles. The third kappa shape index (κ3) is 4.26. The summed E-state index contributed by atoms with van der Waals surface area (Å²) in [5.41, 5.74) is 1.15. The molecular formula is C20H22ClNO3. The minimum Gasteiger partial charge on any atom is -0.488 e. The van der Waals surface area contributed by atoms with Crippen molar-refractivity contribution < 1.29 is 14.3 Å². The van der Waals surface area contributed by atoms with Crippen LogP contribution in [0.15, 0.2) is 54.6 Å². The predicted octanol–water partition coefficient (Wildman–Crippen LogP) is 4.73. The molecular weight excluding hydrogens is 338 g/mol. The highest BCUT2D eigenvalue weighted by molar-refractivity contribution is 6.32. The number of ether oxygens (including phenoxy) is 2. The molecule has 0 aromatic heterocycles. The molecule has 0 saturated carbocycles. The number of benzene rings is 2. The minimum absolute atomic E-state index is 0.0482. The number of nitrogens with zero attached hydrogens (tertiary/aromatic N) is 1. The van der Waals surface area contributed by atoms with Crippen LogP contribution in [-0.4, -0.2) is 36.8 Å². The van der Waals surface area contributed by atoms with Gasteiger partial charge in [-0.2, -0.15) is 0 Å². The largest absolute Gasteiger partial charge is 0.488 e. The number of hydrogen-bond donors (Lipinski definition) is 0. The summed E-state index contributed by atoms with van der Waals surface area (Å²) in [4.78, 5) is 13.9. The molecule has 0 spiro atoms. The van der Waals surface area contributed by atoms with Gasteiger partial charge < -0.3 is 14.4 Å². The van der Waals surface area contributed by atoms with Gasteiger partial charge in [-0.3, -0.25) is 0 Å². The van der Waals surface area contributed by atoms with Gasteiger partial charge in [0.15, 0.2) is 0 Å². The highest BCUT2D eigenvalue weighted by atomic mass is 35.5. The first-order chi connectivity index (χ1) is 12.2. The van der Waals surface area contributed by atoms with Crippen LogP contribution in [0.25, 0.3) is 0 Å². The summed E-state index contributed by atoms with van der Waals surface area (Å²) in [7, 11) is 0. The highest BCUT2D eigenvalue weighted by Gasteiger charge is 2.34. The van der Waals surface area contributed by atoms with Crippen LogP contribution in [-0.2, 0) is 4.74 Å². The van der Waals surface area contributed by atoms with Crippen LogP contribution in [0.3, 0.4) is 0 Å². The summed E-state index contributed by atoms with van der Waals surface area (Å²) in [6.07, 6.45) is 0.413. The topological polar surface area (TPSA) is 38.8 Å². The molecule has 4 nitrogen and oxygen atoms in total. The lowest BCUT2D eigenvalue weighted by Crippen LogP contribution is -2.47. The summed E-state index contributed by atoms with van der Waals surface area (Å²) in [5, 5.41) is 0.599. The van der Waals surface area contributed by atoms with Crippen LogP contribution >= 0.6 is 11.6 Å². The van der Waals surface area contributed by atoms with Gasteiger partial charge in [0.2, 0.25) is 0 Å². The zero-order chi connectivity index (χ0) is 17.6. The summed E-state index contributed by atoms with van der Waals surface area (Å²) < 4.78 is 11.4. The van der Waals surface area contributed by atoms with E-state index in [4.69, 9.17) is 21.1 Å². The third-order valence-electron chi connectivity index (χ3n) is 4.42. The van der Waals surface area contributed by atoms with Gasteiger partial charge in [-0.25, -0.2) is 4.79 Å². The summed E-state index contributed by atoms with van der Waals surface area (Å²) in [5.74, 6) is 0.746. The van der Waals surface area contributed by atoms with Gasteiger partial charge in [0.25, 0.3) is 0 Å². The molecule has 2 atom stereocenters. The molecule has 2 aromatic carbocycles. The molecule has 1 saturated heterocycles. The van der Waals surface area contributed by atoms with E-state index in [1.807, 2.05) is 49.4 Å². The lowest BCUT2D eigenvalue weighted by atomic mass is 9.88. The van der Waals surface area contributed by atoms with E-state index in [0.29, 0.717) is 30.5 Å². The van der Waals surface area contributed by atoms with Gasteiger partial charge in [-0.1, -0.05) is 54.1 Å². The van der Waals surface area contributed by atoms with Gasteiger partial charge in [-0.05, 0) is 24.6 Å². The van der Waals surface area contributed by atoms with E-state index < -0.39 is 0 Å². The van der Waals surface area contributed by atoms with Gasteiger partial charge in [-0.15, -0.1) is 0 Å². The monoisotopic (exact) mass is 359 g/mol. The highest BCUT2D eigenvalue weighted by Crippen LogP contribution is 2.33. The predicted molar refractivity (Wildman–Crippen MR) is 98.3 cm³/mol. The Bertz CT molecular complexity index is 707. The van der Waals surface area contributed by atoms with E-state index in [1.165, 1.54) is 0 Å². The number of amides is 1. The summed E-state index contributed by atoms with van der Waals surface area (Å²) in [6.45, 7) is 3.37. The smallest absolute Gasteiger partial charge is 0.409 e. The number of rotatable bonds is 4. The molecule has 132 valence electrons. The Balaban J connectivity index is 1.81. The second-order valence-electron chi connectivity index (χ2n) is 6.04. The molecule has 1 heterocycles. The minimum atomic E-state index is -0.264. The maximum atomic E-state index is 12.1. The summed E-state index contributed by atoms with van der Waals surface area (Å²) >= 11 is 6.25. The number of piperidine rings is 1. The Hall–Kier alpha value is -2.20. The van der Waals surface area contributed by atoms with Crippen molar-refractivity contribution in [1.82, 2.24) is 4.90 Å². The lowest BCUT2D eigenvalue weighted by Gasteiger charge is -2.38. The van der Waals surface area contributed by atoms with E-state index in [1.54, 1.807) is 4.90 Å². The number of carbonyl (C=O) groups excluding carboxylic acids is 1. The molecule has 0 unspecified atom stereocenters. The molecule has 1 fully saturated rings.